The number of carbonyl (C=O) groups is 1. The maximum absolute atomic E-state index is 12.8. The van der Waals surface area contributed by atoms with Crippen molar-refractivity contribution in [1.29, 1.82) is 0 Å². The van der Waals surface area contributed by atoms with E-state index >= 15 is 0 Å². The lowest BCUT2D eigenvalue weighted by atomic mass is 9.92. The van der Waals surface area contributed by atoms with Crippen molar-refractivity contribution >= 4 is 5.91 Å². The number of piperidine rings is 3. The molecule has 6 nitrogen and oxygen atoms in total. The molecule has 3 saturated heterocycles. The fraction of sp³-hybridized carbons (Fsp3) is 0.739. The third kappa shape index (κ3) is 6.00. The Balaban J connectivity index is 1.20. The zero-order valence-corrected chi connectivity index (χ0v) is 17.7. The molecule has 0 saturated carbocycles. The minimum absolute atomic E-state index is 0.181. The number of aromatic nitrogens is 1. The van der Waals surface area contributed by atoms with E-state index in [1.165, 1.54) is 31.2 Å². The van der Waals surface area contributed by atoms with Gasteiger partial charge in [0.05, 0.1) is 5.92 Å². The monoisotopic (exact) mass is 399 g/mol. The van der Waals surface area contributed by atoms with Gasteiger partial charge in [0.1, 0.15) is 0 Å². The second-order valence-electron chi connectivity index (χ2n) is 9.14. The zero-order valence-electron chi connectivity index (χ0n) is 17.7. The summed E-state index contributed by atoms with van der Waals surface area (Å²) in [7, 11) is 0. The molecule has 4 heterocycles. The topological polar surface area (TPSA) is 60.5 Å². The molecule has 2 N–H and O–H groups in total. The van der Waals surface area contributed by atoms with E-state index in [1.807, 2.05) is 12.4 Å². The lowest BCUT2D eigenvalue weighted by Crippen LogP contribution is -2.51. The Morgan fingerprint density at radius 2 is 1.83 bits per heavy atom. The molecule has 1 unspecified atom stereocenters. The average Bonchev–Trinajstić information content (AvgIpc) is 2.79. The summed E-state index contributed by atoms with van der Waals surface area (Å²) < 4.78 is 0. The van der Waals surface area contributed by atoms with Gasteiger partial charge in [-0.05, 0) is 94.9 Å². The molecule has 0 bridgehead atoms. The Morgan fingerprint density at radius 1 is 1.07 bits per heavy atom. The maximum Gasteiger partial charge on any atom is 0.224 e. The van der Waals surface area contributed by atoms with Crippen LogP contribution in [-0.4, -0.2) is 72.5 Å². The number of hydrogen-bond donors (Lipinski definition) is 2. The highest BCUT2D eigenvalue weighted by atomic mass is 16.1. The van der Waals surface area contributed by atoms with Crippen LogP contribution >= 0.6 is 0 Å². The van der Waals surface area contributed by atoms with Crippen molar-refractivity contribution in [2.24, 2.45) is 11.8 Å². The SMILES string of the molecule is O=C(NCC1CCNCC1)C1CCCN(C2CCN(Cc3ccncc3)CC2)C1. The van der Waals surface area contributed by atoms with Crippen LogP contribution in [-0.2, 0) is 11.3 Å². The van der Waals surface area contributed by atoms with Gasteiger partial charge in [0, 0.05) is 38.1 Å². The maximum atomic E-state index is 12.8. The van der Waals surface area contributed by atoms with Crippen molar-refractivity contribution in [2.75, 3.05) is 45.8 Å². The quantitative estimate of drug-likeness (QED) is 0.765. The number of hydrogen-bond acceptors (Lipinski definition) is 5. The highest BCUT2D eigenvalue weighted by Crippen LogP contribution is 2.25. The number of carbonyl (C=O) groups excluding carboxylic acids is 1. The van der Waals surface area contributed by atoms with Crippen molar-refractivity contribution in [1.82, 2.24) is 25.4 Å². The van der Waals surface area contributed by atoms with Gasteiger partial charge in [-0.1, -0.05) is 0 Å². The average molecular weight is 400 g/mol. The minimum atomic E-state index is 0.181. The normalized spacial score (nSPS) is 25.7. The summed E-state index contributed by atoms with van der Waals surface area (Å²) in [6.07, 6.45) is 10.8. The minimum Gasteiger partial charge on any atom is -0.356 e. The number of pyridine rings is 1. The second-order valence-corrected chi connectivity index (χ2v) is 9.14. The van der Waals surface area contributed by atoms with E-state index in [9.17, 15) is 4.79 Å². The van der Waals surface area contributed by atoms with E-state index < -0.39 is 0 Å². The first-order valence-electron chi connectivity index (χ1n) is 11.6. The molecule has 1 atom stereocenters. The highest BCUT2D eigenvalue weighted by molar-refractivity contribution is 5.79. The Labute approximate surface area is 175 Å². The third-order valence-electron chi connectivity index (χ3n) is 7.08. The Hall–Kier alpha value is -1.50. The number of amides is 1. The first kappa shape index (κ1) is 20.8. The van der Waals surface area contributed by atoms with Crippen LogP contribution in [0.5, 0.6) is 0 Å². The molecule has 3 aliphatic heterocycles. The summed E-state index contributed by atoms with van der Waals surface area (Å²) in [6.45, 7) is 8.49. The van der Waals surface area contributed by atoms with Crippen LogP contribution in [0.3, 0.4) is 0 Å². The molecule has 3 fully saturated rings. The van der Waals surface area contributed by atoms with E-state index in [-0.39, 0.29) is 5.92 Å². The molecular weight excluding hydrogens is 362 g/mol. The number of nitrogens with one attached hydrogen (secondary N) is 2. The molecule has 0 aliphatic carbocycles. The van der Waals surface area contributed by atoms with Gasteiger partial charge >= 0.3 is 0 Å². The molecule has 160 valence electrons. The van der Waals surface area contributed by atoms with Crippen molar-refractivity contribution in [3.8, 4) is 0 Å². The molecule has 3 aliphatic rings. The predicted molar refractivity (Wildman–Crippen MR) is 115 cm³/mol. The molecule has 1 aromatic heterocycles. The molecule has 1 aromatic rings. The lowest BCUT2D eigenvalue weighted by molar-refractivity contribution is -0.127. The third-order valence-corrected chi connectivity index (χ3v) is 7.08. The van der Waals surface area contributed by atoms with Crippen LogP contribution in [0.15, 0.2) is 24.5 Å². The van der Waals surface area contributed by atoms with Crippen molar-refractivity contribution in [3.63, 3.8) is 0 Å². The first-order valence-corrected chi connectivity index (χ1v) is 11.6. The van der Waals surface area contributed by atoms with Crippen molar-refractivity contribution < 1.29 is 4.79 Å². The fourth-order valence-electron chi connectivity index (χ4n) is 5.22. The van der Waals surface area contributed by atoms with Crippen LogP contribution < -0.4 is 10.6 Å². The van der Waals surface area contributed by atoms with Gasteiger partial charge in [-0.15, -0.1) is 0 Å². The fourth-order valence-corrected chi connectivity index (χ4v) is 5.22. The van der Waals surface area contributed by atoms with Gasteiger partial charge in [-0.25, -0.2) is 0 Å². The molecule has 1 amide bonds. The van der Waals surface area contributed by atoms with Gasteiger partial charge in [-0.2, -0.15) is 0 Å². The van der Waals surface area contributed by atoms with E-state index in [0.29, 0.717) is 17.9 Å². The Kier molecular flexibility index (Phi) is 7.52. The van der Waals surface area contributed by atoms with Crippen LogP contribution in [0.2, 0.25) is 0 Å². The van der Waals surface area contributed by atoms with Crippen molar-refractivity contribution in [2.45, 2.75) is 51.1 Å². The summed E-state index contributed by atoms with van der Waals surface area (Å²) in [5.74, 6) is 1.13. The van der Waals surface area contributed by atoms with Gasteiger partial charge < -0.3 is 10.6 Å². The molecule has 0 radical (unpaired) electrons. The largest absolute Gasteiger partial charge is 0.356 e. The summed E-state index contributed by atoms with van der Waals surface area (Å²) in [5, 5.41) is 6.67. The van der Waals surface area contributed by atoms with E-state index in [4.69, 9.17) is 0 Å². The van der Waals surface area contributed by atoms with Crippen LogP contribution in [0.25, 0.3) is 0 Å². The molecular formula is C23H37N5O. The molecule has 4 rings (SSSR count). The summed E-state index contributed by atoms with van der Waals surface area (Å²) in [5.41, 5.74) is 1.35. The van der Waals surface area contributed by atoms with Gasteiger partial charge in [-0.3, -0.25) is 19.6 Å². The first-order chi connectivity index (χ1) is 14.3. The summed E-state index contributed by atoms with van der Waals surface area (Å²) in [4.78, 5) is 22.0. The zero-order chi connectivity index (χ0) is 19.9. The van der Waals surface area contributed by atoms with Gasteiger partial charge in [0.2, 0.25) is 5.91 Å². The molecule has 29 heavy (non-hydrogen) atoms. The van der Waals surface area contributed by atoms with Gasteiger partial charge in [0.15, 0.2) is 0 Å². The van der Waals surface area contributed by atoms with E-state index in [2.05, 4.69) is 37.6 Å². The van der Waals surface area contributed by atoms with Crippen molar-refractivity contribution in [3.05, 3.63) is 30.1 Å². The number of likely N-dealkylation sites (tertiary alicyclic amines) is 2. The number of rotatable bonds is 6. The molecule has 0 aromatic carbocycles. The van der Waals surface area contributed by atoms with Crippen LogP contribution in [0.4, 0.5) is 0 Å². The molecule has 6 heteroatoms. The Morgan fingerprint density at radius 3 is 2.59 bits per heavy atom. The van der Waals surface area contributed by atoms with Gasteiger partial charge in [0.25, 0.3) is 0 Å². The molecule has 0 spiro atoms. The second kappa shape index (κ2) is 10.5. The van der Waals surface area contributed by atoms with Crippen LogP contribution in [0, 0.1) is 11.8 Å². The van der Waals surface area contributed by atoms with Crippen LogP contribution in [0.1, 0.15) is 44.1 Å². The summed E-state index contributed by atoms with van der Waals surface area (Å²) in [6, 6.07) is 4.87. The predicted octanol–water partition coefficient (Wildman–Crippen LogP) is 1.87. The summed E-state index contributed by atoms with van der Waals surface area (Å²) >= 11 is 0. The number of nitrogens with zero attached hydrogens (tertiary/aromatic N) is 3. The lowest BCUT2D eigenvalue weighted by Gasteiger charge is -2.42. The standard InChI is InChI=1S/C23H37N5O/c29-23(26-16-19-3-9-24-10-4-19)21-2-1-13-28(18-21)22-7-14-27(15-8-22)17-20-5-11-25-12-6-20/h5-6,11-12,19,21-22,24H,1-4,7-10,13-18H2,(H,26,29). The van der Waals surface area contributed by atoms with E-state index in [1.54, 1.807) is 0 Å². The smallest absolute Gasteiger partial charge is 0.224 e. The van der Waals surface area contributed by atoms with E-state index in [0.717, 1.165) is 65.2 Å². The highest BCUT2D eigenvalue weighted by Gasteiger charge is 2.31. The Bertz CT molecular complexity index is 625.